The summed E-state index contributed by atoms with van der Waals surface area (Å²) in [5.41, 5.74) is 7.58. The second-order valence-electron chi connectivity index (χ2n) is 5.15. The molecule has 1 atom stereocenters. The highest BCUT2D eigenvalue weighted by Crippen LogP contribution is 2.24. The third kappa shape index (κ3) is 3.46. The number of Topliss-reactive ketones (excluding diaryl/α,β-unsaturated/α-hetero) is 1. The molecule has 0 aliphatic carbocycles. The average molecular weight is 291 g/mol. The lowest BCUT2D eigenvalue weighted by Gasteiger charge is -2.15. The predicted octanol–water partition coefficient (Wildman–Crippen LogP) is 1.35. The number of hydrazine groups is 1. The van der Waals surface area contributed by atoms with E-state index in [0.29, 0.717) is 25.1 Å². The van der Waals surface area contributed by atoms with Crippen LogP contribution in [0, 0.1) is 11.7 Å². The van der Waals surface area contributed by atoms with Gasteiger partial charge in [-0.3, -0.25) is 15.0 Å². The Hall–Kier alpha value is -2.21. The zero-order valence-corrected chi connectivity index (χ0v) is 12.0. The number of hydrogen-bond acceptors (Lipinski definition) is 5. The van der Waals surface area contributed by atoms with Crippen LogP contribution in [0.5, 0.6) is 0 Å². The lowest BCUT2D eigenvalue weighted by Crippen LogP contribution is -2.25. The van der Waals surface area contributed by atoms with E-state index in [1.807, 2.05) is 11.9 Å². The van der Waals surface area contributed by atoms with Crippen LogP contribution in [0.4, 0.5) is 10.1 Å². The number of likely N-dealkylation sites (tertiary alicyclic amines) is 1. The van der Waals surface area contributed by atoms with Crippen molar-refractivity contribution in [3.63, 3.8) is 0 Å². The van der Waals surface area contributed by atoms with Crippen LogP contribution in [0.3, 0.4) is 0 Å². The van der Waals surface area contributed by atoms with Gasteiger partial charge in [0.2, 0.25) is 5.78 Å². The number of likely N-dealkylation sites (N-methyl/N-ethyl adjacent to an activating group) is 1. The first kappa shape index (κ1) is 15.2. The second-order valence-corrected chi connectivity index (χ2v) is 5.15. The van der Waals surface area contributed by atoms with Crippen molar-refractivity contribution in [1.29, 1.82) is 0 Å². The molecule has 21 heavy (non-hydrogen) atoms. The maximum Gasteiger partial charge on any atom is 0.203 e. The molecular weight excluding hydrogens is 273 g/mol. The summed E-state index contributed by atoms with van der Waals surface area (Å²) in [5.74, 6) is -1.23. The Morgan fingerprint density at radius 3 is 2.81 bits per heavy atom. The molecule has 2 rings (SSSR count). The number of allylic oxidation sites excluding steroid dienone is 1. The lowest BCUT2D eigenvalue weighted by atomic mass is 9.97. The molecule has 1 unspecified atom stereocenters. The molecule has 0 saturated carbocycles. The fraction of sp³-hybridized carbons (Fsp3) is 0.333. The smallest absolute Gasteiger partial charge is 0.203 e. The molecule has 1 aliphatic heterocycles. The number of anilines is 1. The molecule has 0 bridgehead atoms. The largest absolute Gasteiger partial charge is 0.305 e. The summed E-state index contributed by atoms with van der Waals surface area (Å²) >= 11 is 0. The second kappa shape index (κ2) is 6.49. The molecule has 0 amide bonds. The van der Waals surface area contributed by atoms with Crippen molar-refractivity contribution in [2.24, 2.45) is 5.92 Å². The minimum absolute atomic E-state index is 0.321. The zero-order valence-electron chi connectivity index (χ0n) is 12.0. The van der Waals surface area contributed by atoms with Gasteiger partial charge in [0.15, 0.2) is 6.29 Å². The van der Waals surface area contributed by atoms with Gasteiger partial charge in [0, 0.05) is 18.8 Å². The molecule has 1 aromatic carbocycles. The molecule has 0 aromatic heterocycles. The minimum Gasteiger partial charge on any atom is -0.305 e. The normalized spacial score (nSPS) is 21.0. The van der Waals surface area contributed by atoms with Gasteiger partial charge in [-0.25, -0.2) is 4.39 Å². The van der Waals surface area contributed by atoms with E-state index in [1.54, 1.807) is 25.1 Å². The molecule has 1 heterocycles. The molecule has 1 aromatic rings. The van der Waals surface area contributed by atoms with Gasteiger partial charge in [0.05, 0.1) is 11.6 Å². The van der Waals surface area contributed by atoms with E-state index in [2.05, 4.69) is 10.9 Å². The van der Waals surface area contributed by atoms with E-state index in [4.69, 9.17) is 0 Å². The first-order valence-electron chi connectivity index (χ1n) is 6.66. The van der Waals surface area contributed by atoms with Crippen molar-refractivity contribution in [3.05, 3.63) is 41.4 Å². The van der Waals surface area contributed by atoms with Crippen molar-refractivity contribution in [3.8, 4) is 0 Å². The van der Waals surface area contributed by atoms with Crippen molar-refractivity contribution in [1.82, 2.24) is 10.3 Å². The number of ketones is 1. The van der Waals surface area contributed by atoms with Crippen molar-refractivity contribution in [2.45, 2.75) is 6.92 Å². The fourth-order valence-corrected chi connectivity index (χ4v) is 2.42. The summed E-state index contributed by atoms with van der Waals surface area (Å²) in [6.45, 7) is 2.92. The predicted molar refractivity (Wildman–Crippen MR) is 77.9 cm³/mol. The Balaban J connectivity index is 2.13. The highest BCUT2D eigenvalue weighted by molar-refractivity contribution is 6.27. The first-order chi connectivity index (χ1) is 10.0. The van der Waals surface area contributed by atoms with Gasteiger partial charge in [-0.1, -0.05) is 12.1 Å². The van der Waals surface area contributed by atoms with Crippen LogP contribution >= 0.6 is 0 Å². The van der Waals surface area contributed by atoms with Gasteiger partial charge in [-0.15, -0.1) is 0 Å². The van der Waals surface area contributed by atoms with E-state index >= 15 is 0 Å². The van der Waals surface area contributed by atoms with Crippen molar-refractivity contribution >= 4 is 17.8 Å². The van der Waals surface area contributed by atoms with Crippen LogP contribution in [-0.2, 0) is 9.59 Å². The van der Waals surface area contributed by atoms with Crippen LogP contribution in [0.1, 0.15) is 6.92 Å². The molecule has 1 fully saturated rings. The van der Waals surface area contributed by atoms with Gasteiger partial charge in [-0.2, -0.15) is 0 Å². The van der Waals surface area contributed by atoms with Crippen molar-refractivity contribution < 1.29 is 14.0 Å². The van der Waals surface area contributed by atoms with Crippen LogP contribution < -0.4 is 10.9 Å². The number of halogens is 1. The molecule has 1 aliphatic rings. The van der Waals surface area contributed by atoms with E-state index in [-0.39, 0.29) is 5.82 Å². The molecule has 6 heteroatoms. The number of nitrogens with zero attached hydrogens (tertiary/aromatic N) is 1. The number of carbonyl (C=O) groups excluding carboxylic acids is 2. The highest BCUT2D eigenvalue weighted by Gasteiger charge is 2.32. The SMILES string of the molecule is CC(NNc1ccccc1F)=C1CN(C)CC1C(=O)C=O. The number of carbonyl (C=O) groups is 2. The summed E-state index contributed by atoms with van der Waals surface area (Å²) in [5, 5.41) is 0. The van der Waals surface area contributed by atoms with Gasteiger partial charge in [0.25, 0.3) is 0 Å². The Bertz CT molecular complexity index is 586. The van der Waals surface area contributed by atoms with E-state index in [1.165, 1.54) is 6.07 Å². The summed E-state index contributed by atoms with van der Waals surface area (Å²) in [6, 6.07) is 6.29. The Morgan fingerprint density at radius 1 is 1.43 bits per heavy atom. The number of hydrogen-bond donors (Lipinski definition) is 2. The monoisotopic (exact) mass is 291 g/mol. The quantitative estimate of drug-likeness (QED) is 0.487. The van der Waals surface area contributed by atoms with Crippen LogP contribution in [0.2, 0.25) is 0 Å². The van der Waals surface area contributed by atoms with E-state index in [0.717, 1.165) is 11.3 Å². The molecular formula is C15H18FN3O2. The van der Waals surface area contributed by atoms with Gasteiger partial charge in [0.1, 0.15) is 5.82 Å². The van der Waals surface area contributed by atoms with Crippen LogP contribution in [-0.4, -0.2) is 37.1 Å². The van der Waals surface area contributed by atoms with Gasteiger partial charge >= 0.3 is 0 Å². The Kier molecular flexibility index (Phi) is 4.70. The van der Waals surface area contributed by atoms with Crippen LogP contribution in [0.15, 0.2) is 35.5 Å². The molecule has 0 radical (unpaired) electrons. The van der Waals surface area contributed by atoms with Crippen LogP contribution in [0.25, 0.3) is 0 Å². The van der Waals surface area contributed by atoms with Gasteiger partial charge in [-0.05, 0) is 31.7 Å². The maximum absolute atomic E-state index is 13.5. The summed E-state index contributed by atoms with van der Waals surface area (Å²) in [4.78, 5) is 24.3. The molecule has 5 nitrogen and oxygen atoms in total. The fourth-order valence-electron chi connectivity index (χ4n) is 2.42. The van der Waals surface area contributed by atoms with Gasteiger partial charge < -0.3 is 10.3 Å². The first-order valence-corrected chi connectivity index (χ1v) is 6.66. The third-order valence-corrected chi connectivity index (χ3v) is 3.55. The summed E-state index contributed by atoms with van der Waals surface area (Å²) in [6.07, 6.45) is 0.362. The Labute approximate surface area is 122 Å². The number of para-hydroxylation sites is 1. The molecule has 1 saturated heterocycles. The molecule has 2 N–H and O–H groups in total. The number of benzene rings is 1. The third-order valence-electron chi connectivity index (χ3n) is 3.55. The van der Waals surface area contributed by atoms with Crippen molar-refractivity contribution in [2.75, 3.05) is 25.6 Å². The number of aldehydes is 1. The topological polar surface area (TPSA) is 61.4 Å². The number of rotatable bonds is 5. The highest BCUT2D eigenvalue weighted by atomic mass is 19.1. The zero-order chi connectivity index (χ0) is 15.4. The average Bonchev–Trinajstić information content (AvgIpc) is 2.87. The number of nitrogens with one attached hydrogen (secondary N) is 2. The standard InChI is InChI=1S/C15H18FN3O2/c1-10(17-18-14-6-4-3-5-13(14)16)11-7-19(2)8-12(11)15(21)9-20/h3-6,9,12,17-18H,7-8H2,1-2H3. The minimum atomic E-state index is -0.429. The van der Waals surface area contributed by atoms with E-state index < -0.39 is 11.7 Å². The Morgan fingerprint density at radius 2 is 2.14 bits per heavy atom. The van der Waals surface area contributed by atoms with E-state index in [9.17, 15) is 14.0 Å². The summed E-state index contributed by atoms with van der Waals surface area (Å²) < 4.78 is 13.5. The lowest BCUT2D eigenvalue weighted by molar-refractivity contribution is -0.131. The maximum atomic E-state index is 13.5. The molecule has 0 spiro atoms. The summed E-state index contributed by atoms with van der Waals surface area (Å²) in [7, 11) is 1.88. The molecule has 112 valence electrons.